The molecule has 0 saturated carbocycles. The zero-order valence-electron chi connectivity index (χ0n) is 11.8. The summed E-state index contributed by atoms with van der Waals surface area (Å²) in [6, 6.07) is 4.18. The van der Waals surface area contributed by atoms with E-state index < -0.39 is 47.7 Å². The van der Waals surface area contributed by atoms with Crippen molar-refractivity contribution < 1.29 is 32.6 Å². The Hall–Kier alpha value is -2.09. The van der Waals surface area contributed by atoms with E-state index in [4.69, 9.17) is 4.74 Å². The fourth-order valence-corrected chi connectivity index (χ4v) is 3.31. The van der Waals surface area contributed by atoms with Crippen molar-refractivity contribution in [3.05, 3.63) is 29.8 Å². The Bertz CT molecular complexity index is 646. The third-order valence-corrected chi connectivity index (χ3v) is 4.31. The van der Waals surface area contributed by atoms with E-state index in [0.717, 1.165) is 12.1 Å². The second-order valence-electron chi connectivity index (χ2n) is 5.73. The Labute approximate surface area is 129 Å². The lowest BCUT2D eigenvalue weighted by Crippen LogP contribution is -2.46. The topological polar surface area (TPSA) is 78.5 Å². The Morgan fingerprint density at radius 2 is 1.83 bits per heavy atom. The molecule has 0 radical (unpaired) electrons. The number of rotatable bonds is 3. The minimum atomic E-state index is -4.52. The molecule has 2 fully saturated rings. The van der Waals surface area contributed by atoms with Crippen LogP contribution < -0.4 is 10.4 Å². The maximum absolute atomic E-state index is 12.7. The summed E-state index contributed by atoms with van der Waals surface area (Å²) < 4.78 is 43.5. The van der Waals surface area contributed by atoms with Crippen LogP contribution in [0.15, 0.2) is 24.3 Å². The fraction of sp³-hybridized carbons (Fsp3) is 0.467. The van der Waals surface area contributed by atoms with Crippen LogP contribution in [0.4, 0.5) is 18.9 Å². The number of anilines is 1. The van der Waals surface area contributed by atoms with E-state index in [9.17, 15) is 27.9 Å². The number of nitrogens with one attached hydrogen (secondary N) is 1. The highest BCUT2D eigenvalue weighted by Crippen LogP contribution is 2.43. The number of alkyl halides is 3. The van der Waals surface area contributed by atoms with Gasteiger partial charge in [0.1, 0.15) is 0 Å². The number of carboxylic acid groups (broad SMARTS) is 1. The van der Waals surface area contributed by atoms with Crippen molar-refractivity contribution in [2.24, 2.45) is 11.8 Å². The van der Waals surface area contributed by atoms with E-state index in [1.165, 1.54) is 12.1 Å². The number of carbonyl (C=O) groups excluding carboxylic acids is 2. The minimum Gasteiger partial charge on any atom is -0.550 e. The molecule has 124 valence electrons. The van der Waals surface area contributed by atoms with E-state index >= 15 is 0 Å². The predicted molar refractivity (Wildman–Crippen MR) is 70.0 cm³/mol. The van der Waals surface area contributed by atoms with Crippen molar-refractivity contribution >= 4 is 17.6 Å². The van der Waals surface area contributed by atoms with Crippen molar-refractivity contribution in [2.75, 3.05) is 5.32 Å². The number of hydrogen-bond acceptors (Lipinski definition) is 4. The molecular weight excluding hydrogens is 315 g/mol. The predicted octanol–water partition coefficient (Wildman–Crippen LogP) is 1.19. The minimum absolute atomic E-state index is 0.0373. The van der Waals surface area contributed by atoms with Gasteiger partial charge in [-0.05, 0) is 31.0 Å². The number of hydrogen-bond donors (Lipinski definition) is 1. The molecule has 4 atom stereocenters. The van der Waals surface area contributed by atoms with E-state index in [-0.39, 0.29) is 5.69 Å². The molecule has 0 aromatic heterocycles. The van der Waals surface area contributed by atoms with Crippen LogP contribution >= 0.6 is 0 Å². The first-order chi connectivity index (χ1) is 10.8. The fourth-order valence-electron chi connectivity index (χ4n) is 3.31. The lowest BCUT2D eigenvalue weighted by molar-refractivity contribution is -0.313. The highest BCUT2D eigenvalue weighted by Gasteiger charge is 2.52. The number of fused-ring (bicyclic) bond motifs is 2. The van der Waals surface area contributed by atoms with Crippen molar-refractivity contribution in [1.82, 2.24) is 0 Å². The van der Waals surface area contributed by atoms with Gasteiger partial charge in [0.2, 0.25) is 5.91 Å². The largest absolute Gasteiger partial charge is 0.550 e. The summed E-state index contributed by atoms with van der Waals surface area (Å²) in [6.45, 7) is 0. The summed E-state index contributed by atoms with van der Waals surface area (Å²) in [5.41, 5.74) is -0.930. The van der Waals surface area contributed by atoms with Gasteiger partial charge in [-0.25, -0.2) is 0 Å². The molecular formula is C15H13F3NO4-. The first-order valence-electron chi connectivity index (χ1n) is 7.12. The van der Waals surface area contributed by atoms with Crippen LogP contribution in [0.5, 0.6) is 0 Å². The van der Waals surface area contributed by atoms with Crippen LogP contribution in [-0.4, -0.2) is 24.1 Å². The summed E-state index contributed by atoms with van der Waals surface area (Å²) in [5.74, 6) is -4.06. The smallest absolute Gasteiger partial charge is 0.416 e. The Morgan fingerprint density at radius 3 is 2.43 bits per heavy atom. The molecule has 0 unspecified atom stereocenters. The van der Waals surface area contributed by atoms with Gasteiger partial charge in [0, 0.05) is 17.6 Å². The molecule has 5 nitrogen and oxygen atoms in total. The Morgan fingerprint density at radius 1 is 1.17 bits per heavy atom. The molecule has 0 spiro atoms. The van der Waals surface area contributed by atoms with Gasteiger partial charge in [-0.1, -0.05) is 6.07 Å². The first-order valence-corrected chi connectivity index (χ1v) is 7.12. The molecule has 0 aliphatic carbocycles. The highest BCUT2D eigenvalue weighted by atomic mass is 19.4. The van der Waals surface area contributed by atoms with Gasteiger partial charge in [-0.2, -0.15) is 13.2 Å². The van der Waals surface area contributed by atoms with E-state index in [1.54, 1.807) is 0 Å². The van der Waals surface area contributed by atoms with Gasteiger partial charge in [0.25, 0.3) is 0 Å². The molecule has 2 bridgehead atoms. The SMILES string of the molecule is O=C([O-])[C@@H]1[C@H](C(=O)Nc2cccc(C(F)(F)F)c2)[C@@H]2CC[C@H]1O2. The maximum atomic E-state index is 12.7. The van der Waals surface area contributed by atoms with Gasteiger partial charge in [0.05, 0.1) is 23.7 Å². The molecule has 3 rings (SSSR count). The van der Waals surface area contributed by atoms with E-state index in [2.05, 4.69) is 5.32 Å². The Balaban J connectivity index is 1.78. The molecule has 2 heterocycles. The molecule has 1 amide bonds. The standard InChI is InChI=1S/C15H14F3NO4/c16-15(17,18)7-2-1-3-8(6-7)19-13(20)11-9-4-5-10(23-9)12(11)14(21)22/h1-3,6,9-12H,4-5H2,(H,19,20)(H,21,22)/p-1/t9-,10+,11+,12-/m0/s1. The van der Waals surface area contributed by atoms with Gasteiger partial charge < -0.3 is 20.0 Å². The molecule has 2 saturated heterocycles. The second-order valence-corrected chi connectivity index (χ2v) is 5.73. The number of aliphatic carboxylic acids is 1. The van der Waals surface area contributed by atoms with Crippen molar-refractivity contribution in [2.45, 2.75) is 31.2 Å². The highest BCUT2D eigenvalue weighted by molar-refractivity contribution is 5.96. The van der Waals surface area contributed by atoms with Gasteiger partial charge in [-0.3, -0.25) is 4.79 Å². The number of amides is 1. The van der Waals surface area contributed by atoms with Crippen LogP contribution in [0.1, 0.15) is 18.4 Å². The quantitative estimate of drug-likeness (QED) is 0.904. The summed E-state index contributed by atoms with van der Waals surface area (Å²) in [6.07, 6.45) is -4.54. The number of carboxylic acids is 1. The van der Waals surface area contributed by atoms with Crippen molar-refractivity contribution in [1.29, 1.82) is 0 Å². The van der Waals surface area contributed by atoms with Gasteiger partial charge in [-0.15, -0.1) is 0 Å². The summed E-state index contributed by atoms with van der Waals surface area (Å²) in [5, 5.41) is 13.6. The average Bonchev–Trinajstić information content (AvgIpc) is 3.07. The van der Waals surface area contributed by atoms with Crippen LogP contribution in [-0.2, 0) is 20.5 Å². The first kappa shape index (κ1) is 15.8. The monoisotopic (exact) mass is 328 g/mol. The van der Waals surface area contributed by atoms with Crippen LogP contribution in [0.25, 0.3) is 0 Å². The van der Waals surface area contributed by atoms with Gasteiger partial charge >= 0.3 is 6.18 Å². The van der Waals surface area contributed by atoms with Gasteiger partial charge in [0.15, 0.2) is 0 Å². The van der Waals surface area contributed by atoms with E-state index in [0.29, 0.717) is 12.8 Å². The van der Waals surface area contributed by atoms with Crippen LogP contribution in [0.2, 0.25) is 0 Å². The zero-order valence-corrected chi connectivity index (χ0v) is 11.8. The van der Waals surface area contributed by atoms with Crippen molar-refractivity contribution in [3.63, 3.8) is 0 Å². The number of carbonyl (C=O) groups is 2. The summed E-state index contributed by atoms with van der Waals surface area (Å²) in [4.78, 5) is 23.5. The second kappa shape index (κ2) is 5.52. The molecule has 2 aliphatic rings. The Kier molecular flexibility index (Phi) is 3.79. The third kappa shape index (κ3) is 2.90. The summed E-state index contributed by atoms with van der Waals surface area (Å²) >= 11 is 0. The van der Waals surface area contributed by atoms with Crippen LogP contribution in [0.3, 0.4) is 0 Å². The average molecular weight is 328 g/mol. The molecule has 1 N–H and O–H groups in total. The lowest BCUT2D eigenvalue weighted by Gasteiger charge is -2.27. The van der Waals surface area contributed by atoms with Crippen molar-refractivity contribution in [3.8, 4) is 0 Å². The third-order valence-electron chi connectivity index (χ3n) is 4.31. The number of benzene rings is 1. The normalized spacial score (nSPS) is 29.5. The molecule has 8 heteroatoms. The molecule has 1 aromatic carbocycles. The molecule has 2 aliphatic heterocycles. The number of ether oxygens (including phenoxy) is 1. The summed E-state index contributed by atoms with van der Waals surface area (Å²) in [7, 11) is 0. The molecule has 1 aromatic rings. The lowest BCUT2D eigenvalue weighted by atomic mass is 9.78. The van der Waals surface area contributed by atoms with Crippen LogP contribution in [0, 0.1) is 11.8 Å². The zero-order chi connectivity index (χ0) is 16.8. The number of halogens is 3. The molecule has 23 heavy (non-hydrogen) atoms. The van der Waals surface area contributed by atoms with E-state index in [1.807, 2.05) is 0 Å². The maximum Gasteiger partial charge on any atom is 0.416 e.